The molecule has 7 heteroatoms. The van der Waals surface area contributed by atoms with Crippen LogP contribution < -0.4 is 21.0 Å². The highest BCUT2D eigenvalue weighted by atomic mass is 16.5. The Morgan fingerprint density at radius 2 is 1.91 bits per heavy atom. The van der Waals surface area contributed by atoms with Crippen LogP contribution in [0.1, 0.15) is 13.8 Å². The topological polar surface area (TPSA) is 97.6 Å². The molecule has 0 atom stereocenters. The van der Waals surface area contributed by atoms with Crippen molar-refractivity contribution in [3.63, 3.8) is 0 Å². The number of carbonyl (C=O) groups excluding carboxylic acids is 2. The van der Waals surface area contributed by atoms with Crippen LogP contribution in [0.3, 0.4) is 0 Å². The summed E-state index contributed by atoms with van der Waals surface area (Å²) in [5.41, 5.74) is -0.0738. The Hall–Kier alpha value is -2.83. The maximum Gasteiger partial charge on any atom is 0.336 e. The molecule has 0 bridgehead atoms. The lowest BCUT2D eigenvalue weighted by molar-refractivity contribution is -0.127. The fraction of sp³-hybridized carbons (Fsp3) is 0.312. The van der Waals surface area contributed by atoms with Crippen molar-refractivity contribution in [3.05, 3.63) is 40.8 Å². The van der Waals surface area contributed by atoms with Crippen molar-refractivity contribution in [2.75, 3.05) is 13.2 Å². The number of rotatable bonds is 6. The third kappa shape index (κ3) is 5.14. The molecule has 2 rings (SSSR count). The predicted octanol–water partition coefficient (Wildman–Crippen LogP) is 0.813. The minimum absolute atomic E-state index is 0.0166. The van der Waals surface area contributed by atoms with Crippen molar-refractivity contribution >= 4 is 22.8 Å². The summed E-state index contributed by atoms with van der Waals surface area (Å²) in [4.78, 5) is 34.2. The Kier molecular flexibility index (Phi) is 5.35. The van der Waals surface area contributed by atoms with E-state index in [0.717, 1.165) is 5.39 Å². The molecule has 0 aliphatic heterocycles. The molecule has 23 heavy (non-hydrogen) atoms. The molecule has 0 aliphatic carbocycles. The average molecular weight is 318 g/mol. The summed E-state index contributed by atoms with van der Waals surface area (Å²) < 4.78 is 10.4. The van der Waals surface area contributed by atoms with Crippen molar-refractivity contribution in [1.82, 2.24) is 10.6 Å². The fourth-order valence-corrected chi connectivity index (χ4v) is 1.88. The van der Waals surface area contributed by atoms with Crippen LogP contribution in [-0.4, -0.2) is 31.0 Å². The van der Waals surface area contributed by atoms with Gasteiger partial charge in [0.1, 0.15) is 11.3 Å². The van der Waals surface area contributed by atoms with Crippen LogP contribution in [0.15, 0.2) is 39.5 Å². The molecule has 2 amide bonds. The Morgan fingerprint density at radius 1 is 1.17 bits per heavy atom. The van der Waals surface area contributed by atoms with E-state index in [1.165, 1.54) is 12.1 Å². The van der Waals surface area contributed by atoms with Crippen molar-refractivity contribution in [2.45, 2.75) is 19.9 Å². The van der Waals surface area contributed by atoms with Crippen LogP contribution in [0.25, 0.3) is 11.0 Å². The second-order valence-corrected chi connectivity index (χ2v) is 5.24. The number of hydrogen-bond donors (Lipinski definition) is 2. The van der Waals surface area contributed by atoms with Gasteiger partial charge < -0.3 is 19.8 Å². The molecule has 122 valence electrons. The maximum absolute atomic E-state index is 11.6. The number of carbonyl (C=O) groups is 2. The summed E-state index contributed by atoms with van der Waals surface area (Å²) >= 11 is 0. The van der Waals surface area contributed by atoms with Gasteiger partial charge in [0.2, 0.25) is 5.91 Å². The van der Waals surface area contributed by atoms with Crippen LogP contribution in [0.2, 0.25) is 0 Å². The van der Waals surface area contributed by atoms with Gasteiger partial charge in [0, 0.05) is 23.6 Å². The molecule has 0 aliphatic rings. The van der Waals surface area contributed by atoms with Crippen LogP contribution in [0.5, 0.6) is 5.75 Å². The molecule has 1 heterocycles. The van der Waals surface area contributed by atoms with Gasteiger partial charge in [-0.2, -0.15) is 0 Å². The SMILES string of the molecule is CC(C)NC(=O)CNC(=O)COc1ccc2ccc(=O)oc2c1. The summed E-state index contributed by atoms with van der Waals surface area (Å²) in [5.74, 6) is -0.284. The zero-order valence-electron chi connectivity index (χ0n) is 12.9. The first-order chi connectivity index (χ1) is 10.9. The molecule has 0 fully saturated rings. The van der Waals surface area contributed by atoms with E-state index in [-0.39, 0.29) is 25.1 Å². The highest BCUT2D eigenvalue weighted by Crippen LogP contribution is 2.19. The van der Waals surface area contributed by atoms with E-state index >= 15 is 0 Å². The van der Waals surface area contributed by atoms with Crippen molar-refractivity contribution in [1.29, 1.82) is 0 Å². The van der Waals surface area contributed by atoms with E-state index in [2.05, 4.69) is 10.6 Å². The van der Waals surface area contributed by atoms with E-state index in [1.54, 1.807) is 18.2 Å². The summed E-state index contributed by atoms with van der Waals surface area (Å²) in [6, 6.07) is 7.92. The number of benzene rings is 1. The van der Waals surface area contributed by atoms with Gasteiger partial charge in [0.25, 0.3) is 5.91 Å². The molecule has 0 saturated carbocycles. The molecular formula is C16H18N2O5. The molecule has 0 saturated heterocycles. The first kappa shape index (κ1) is 16.5. The minimum Gasteiger partial charge on any atom is -0.484 e. The second kappa shape index (κ2) is 7.44. The Balaban J connectivity index is 1.86. The van der Waals surface area contributed by atoms with E-state index in [1.807, 2.05) is 13.8 Å². The molecule has 0 unspecified atom stereocenters. The summed E-state index contributed by atoms with van der Waals surface area (Å²) in [5, 5.41) is 5.87. The number of hydrogen-bond acceptors (Lipinski definition) is 5. The van der Waals surface area contributed by atoms with Gasteiger partial charge in [-0.25, -0.2) is 4.79 Å². The molecule has 2 N–H and O–H groups in total. The first-order valence-corrected chi connectivity index (χ1v) is 7.17. The van der Waals surface area contributed by atoms with E-state index in [0.29, 0.717) is 11.3 Å². The molecule has 1 aromatic heterocycles. The van der Waals surface area contributed by atoms with Gasteiger partial charge in [0.05, 0.1) is 6.54 Å². The van der Waals surface area contributed by atoms with Gasteiger partial charge in [-0.1, -0.05) is 0 Å². The number of fused-ring (bicyclic) bond motifs is 1. The number of nitrogens with one attached hydrogen (secondary N) is 2. The lowest BCUT2D eigenvalue weighted by Crippen LogP contribution is -2.41. The monoisotopic (exact) mass is 318 g/mol. The van der Waals surface area contributed by atoms with Crippen LogP contribution >= 0.6 is 0 Å². The zero-order valence-corrected chi connectivity index (χ0v) is 12.9. The highest BCUT2D eigenvalue weighted by molar-refractivity contribution is 5.85. The Labute approximate surface area is 132 Å². The molecule has 1 aromatic carbocycles. The second-order valence-electron chi connectivity index (χ2n) is 5.24. The van der Waals surface area contributed by atoms with Crippen LogP contribution in [0.4, 0.5) is 0 Å². The minimum atomic E-state index is -0.455. The van der Waals surface area contributed by atoms with Crippen LogP contribution in [-0.2, 0) is 9.59 Å². The van der Waals surface area contributed by atoms with Crippen molar-refractivity contribution in [3.8, 4) is 5.75 Å². The number of amides is 2. The van der Waals surface area contributed by atoms with Gasteiger partial charge in [-0.05, 0) is 32.0 Å². The van der Waals surface area contributed by atoms with Gasteiger partial charge in [-0.3, -0.25) is 9.59 Å². The van der Waals surface area contributed by atoms with Crippen molar-refractivity contribution < 1.29 is 18.7 Å². The highest BCUT2D eigenvalue weighted by Gasteiger charge is 2.08. The summed E-state index contributed by atoms with van der Waals surface area (Å²) in [7, 11) is 0. The normalized spacial score (nSPS) is 10.6. The molecule has 7 nitrogen and oxygen atoms in total. The fourth-order valence-electron chi connectivity index (χ4n) is 1.88. The van der Waals surface area contributed by atoms with Gasteiger partial charge in [0.15, 0.2) is 6.61 Å². The Morgan fingerprint density at radius 3 is 2.65 bits per heavy atom. The van der Waals surface area contributed by atoms with Crippen LogP contribution in [0, 0.1) is 0 Å². The molecular weight excluding hydrogens is 300 g/mol. The third-order valence-electron chi connectivity index (χ3n) is 2.86. The molecule has 2 aromatic rings. The van der Waals surface area contributed by atoms with E-state index in [4.69, 9.17) is 9.15 Å². The molecule has 0 radical (unpaired) electrons. The lowest BCUT2D eigenvalue weighted by atomic mass is 10.2. The van der Waals surface area contributed by atoms with E-state index < -0.39 is 11.5 Å². The first-order valence-electron chi connectivity index (χ1n) is 7.17. The molecule has 0 spiro atoms. The summed E-state index contributed by atoms with van der Waals surface area (Å²) in [6.45, 7) is 3.33. The maximum atomic E-state index is 11.6. The number of ether oxygens (including phenoxy) is 1. The Bertz CT molecular complexity index is 766. The standard InChI is InChI=1S/C16H18N2O5/c1-10(2)18-14(19)8-17-15(20)9-22-12-5-3-11-4-6-16(21)23-13(11)7-12/h3-7,10H,8-9H2,1-2H3,(H,17,20)(H,18,19). The predicted molar refractivity (Wildman–Crippen MR) is 84.3 cm³/mol. The van der Waals surface area contributed by atoms with E-state index in [9.17, 15) is 14.4 Å². The largest absolute Gasteiger partial charge is 0.484 e. The third-order valence-corrected chi connectivity index (χ3v) is 2.86. The van der Waals surface area contributed by atoms with Gasteiger partial charge in [-0.15, -0.1) is 0 Å². The zero-order chi connectivity index (χ0) is 16.8. The lowest BCUT2D eigenvalue weighted by Gasteiger charge is -2.10. The van der Waals surface area contributed by atoms with Gasteiger partial charge >= 0.3 is 5.63 Å². The van der Waals surface area contributed by atoms with Crippen molar-refractivity contribution in [2.24, 2.45) is 0 Å². The average Bonchev–Trinajstić information content (AvgIpc) is 2.49. The smallest absolute Gasteiger partial charge is 0.336 e. The quantitative estimate of drug-likeness (QED) is 0.768. The summed E-state index contributed by atoms with van der Waals surface area (Å²) in [6.07, 6.45) is 0.